The molecule has 0 fully saturated rings. The summed E-state index contributed by atoms with van der Waals surface area (Å²) < 4.78 is 7.91. The van der Waals surface area contributed by atoms with Gasteiger partial charge in [0.2, 0.25) is 0 Å². The summed E-state index contributed by atoms with van der Waals surface area (Å²) >= 11 is 3.81. The van der Waals surface area contributed by atoms with Crippen LogP contribution in [0.5, 0.6) is 0 Å². The van der Waals surface area contributed by atoms with Crippen molar-refractivity contribution < 1.29 is 4.74 Å². The third kappa shape index (κ3) is 7.06. The molecule has 0 aliphatic carbocycles. The van der Waals surface area contributed by atoms with Gasteiger partial charge in [0.25, 0.3) is 0 Å². The van der Waals surface area contributed by atoms with Crippen molar-refractivity contribution in [2.75, 3.05) is 13.2 Å². The molecule has 0 bridgehead atoms. The molecule has 23 heavy (non-hydrogen) atoms. The number of ether oxygens (including phenoxy) is 1. The van der Waals surface area contributed by atoms with Crippen molar-refractivity contribution in [3.8, 4) is 11.8 Å². The first kappa shape index (κ1) is 17.8. The Labute approximate surface area is 152 Å². The van der Waals surface area contributed by atoms with Crippen LogP contribution in [0.1, 0.15) is 11.1 Å². The topological polar surface area (TPSA) is 9.23 Å². The standard InChI is InChI=1S/C20H17BrOSe/c1-23-20(14-11-18-9-12-19(21)13-10-18)16-22-15-5-8-17-6-3-2-4-7-17/h2-4,6-7,9-13H,15-16H2,1H3. The monoisotopic (exact) mass is 432 g/mol. The van der Waals surface area contributed by atoms with E-state index in [1.807, 2.05) is 48.5 Å². The summed E-state index contributed by atoms with van der Waals surface area (Å²) in [7, 11) is 0. The van der Waals surface area contributed by atoms with Crippen molar-refractivity contribution in [1.82, 2.24) is 0 Å². The van der Waals surface area contributed by atoms with Crippen LogP contribution in [0, 0.1) is 11.8 Å². The van der Waals surface area contributed by atoms with Gasteiger partial charge in [0.15, 0.2) is 0 Å². The normalized spacial score (nSPS) is 9.48. The number of rotatable bonds is 5. The van der Waals surface area contributed by atoms with Crippen molar-refractivity contribution in [1.29, 1.82) is 0 Å². The minimum absolute atomic E-state index is 0.374. The Morgan fingerprint density at radius 3 is 2.57 bits per heavy atom. The number of halogens is 1. The molecule has 1 nitrogen and oxygen atoms in total. The molecule has 0 radical (unpaired) electrons. The average molecular weight is 432 g/mol. The van der Waals surface area contributed by atoms with E-state index in [9.17, 15) is 0 Å². The second kappa shape index (κ2) is 10.3. The van der Waals surface area contributed by atoms with Gasteiger partial charge in [0, 0.05) is 0 Å². The van der Waals surface area contributed by atoms with Crippen LogP contribution in [0.15, 0.2) is 69.3 Å². The average Bonchev–Trinajstić information content (AvgIpc) is 2.59. The van der Waals surface area contributed by atoms with E-state index >= 15 is 0 Å². The van der Waals surface area contributed by atoms with Crippen LogP contribution in [0.2, 0.25) is 5.82 Å². The maximum absolute atomic E-state index is 5.63. The van der Waals surface area contributed by atoms with E-state index in [-0.39, 0.29) is 0 Å². The summed E-state index contributed by atoms with van der Waals surface area (Å²) in [5, 5.41) is 0. The molecule has 2 aromatic carbocycles. The third-order valence-electron chi connectivity index (χ3n) is 2.93. The molecule has 0 saturated heterocycles. The Morgan fingerprint density at radius 2 is 1.87 bits per heavy atom. The van der Waals surface area contributed by atoms with Crippen LogP contribution in [0.3, 0.4) is 0 Å². The summed E-state index contributed by atoms with van der Waals surface area (Å²) in [5.41, 5.74) is 5.50. The molecule has 0 heterocycles. The van der Waals surface area contributed by atoms with Gasteiger partial charge < -0.3 is 0 Å². The van der Waals surface area contributed by atoms with E-state index in [1.165, 1.54) is 4.47 Å². The first-order valence-electron chi connectivity index (χ1n) is 7.15. The maximum atomic E-state index is 5.63. The first-order chi connectivity index (χ1) is 11.3. The molecule has 0 spiro atoms. The number of hydrogen-bond acceptors (Lipinski definition) is 1. The summed E-state index contributed by atoms with van der Waals surface area (Å²) in [6.07, 6.45) is 2.01. The van der Waals surface area contributed by atoms with E-state index in [1.54, 1.807) is 0 Å². The van der Waals surface area contributed by atoms with Crippen molar-refractivity contribution in [2.24, 2.45) is 0 Å². The second-order valence-electron chi connectivity index (χ2n) is 4.63. The predicted octanol–water partition coefficient (Wildman–Crippen LogP) is 4.77. The molecule has 0 aliphatic heterocycles. The molecule has 0 amide bonds. The Morgan fingerprint density at radius 1 is 1.13 bits per heavy atom. The summed E-state index contributed by atoms with van der Waals surface area (Å²) in [4.78, 5) is 0. The van der Waals surface area contributed by atoms with Crippen molar-refractivity contribution in [3.05, 3.63) is 80.4 Å². The Balaban J connectivity index is 1.86. The third-order valence-corrected chi connectivity index (χ3v) is 4.99. The molecule has 3 heteroatoms. The van der Waals surface area contributed by atoms with Gasteiger partial charge in [-0.3, -0.25) is 0 Å². The Kier molecular flexibility index (Phi) is 7.98. The molecule has 0 unspecified atom stereocenters. The van der Waals surface area contributed by atoms with Gasteiger partial charge in [-0.2, -0.15) is 0 Å². The van der Waals surface area contributed by atoms with Crippen LogP contribution < -0.4 is 0 Å². The van der Waals surface area contributed by atoms with E-state index in [4.69, 9.17) is 4.74 Å². The summed E-state index contributed by atoms with van der Waals surface area (Å²) in [6, 6.07) is 18.1. The van der Waals surface area contributed by atoms with E-state index in [0.717, 1.165) is 15.6 Å². The van der Waals surface area contributed by atoms with Crippen LogP contribution in [0.25, 0.3) is 6.08 Å². The van der Waals surface area contributed by atoms with Gasteiger partial charge in [-0.25, -0.2) is 0 Å². The molecule has 0 atom stereocenters. The molecule has 0 saturated carbocycles. The fourth-order valence-electron chi connectivity index (χ4n) is 1.74. The summed E-state index contributed by atoms with van der Waals surface area (Å²) in [5.74, 6) is 8.30. The zero-order chi connectivity index (χ0) is 16.3. The van der Waals surface area contributed by atoms with Gasteiger partial charge in [-0.1, -0.05) is 0 Å². The fraction of sp³-hybridized carbons (Fsp3) is 0.150. The SMILES string of the molecule is C[Se]C(=C=Cc1ccc(Br)cc1)COCC#Cc1ccccc1. The van der Waals surface area contributed by atoms with Gasteiger partial charge in [0.05, 0.1) is 0 Å². The fourth-order valence-corrected chi connectivity index (χ4v) is 2.79. The van der Waals surface area contributed by atoms with Crippen LogP contribution in [-0.4, -0.2) is 28.2 Å². The van der Waals surface area contributed by atoms with E-state index in [2.05, 4.69) is 51.5 Å². The number of hydrogen-bond donors (Lipinski definition) is 0. The van der Waals surface area contributed by atoms with Gasteiger partial charge in [0.1, 0.15) is 0 Å². The van der Waals surface area contributed by atoms with E-state index < -0.39 is 0 Å². The predicted molar refractivity (Wildman–Crippen MR) is 101 cm³/mol. The van der Waals surface area contributed by atoms with Crippen molar-refractivity contribution in [2.45, 2.75) is 5.82 Å². The molecular formula is C20H17BrOSe. The van der Waals surface area contributed by atoms with Gasteiger partial charge in [-0.15, -0.1) is 0 Å². The molecule has 0 aliphatic rings. The van der Waals surface area contributed by atoms with Crippen molar-refractivity contribution in [3.63, 3.8) is 0 Å². The molecular weight excluding hydrogens is 415 g/mol. The molecule has 2 rings (SSSR count). The zero-order valence-corrected chi connectivity index (χ0v) is 16.2. The van der Waals surface area contributed by atoms with Crippen LogP contribution in [0.4, 0.5) is 0 Å². The van der Waals surface area contributed by atoms with Crippen LogP contribution in [-0.2, 0) is 4.74 Å². The minimum atomic E-state index is 0.374. The molecule has 0 N–H and O–H groups in total. The van der Waals surface area contributed by atoms with Gasteiger partial charge >= 0.3 is 153 Å². The summed E-state index contributed by atoms with van der Waals surface area (Å²) in [6.45, 7) is 1.03. The Bertz CT molecular complexity index is 733. The molecule has 116 valence electrons. The zero-order valence-electron chi connectivity index (χ0n) is 12.9. The Hall–Kier alpha value is -1.52. The number of benzene rings is 2. The van der Waals surface area contributed by atoms with Gasteiger partial charge in [-0.05, 0) is 0 Å². The van der Waals surface area contributed by atoms with E-state index in [0.29, 0.717) is 28.2 Å². The van der Waals surface area contributed by atoms with Crippen LogP contribution >= 0.6 is 15.9 Å². The second-order valence-corrected chi connectivity index (χ2v) is 7.43. The first-order valence-corrected chi connectivity index (χ1v) is 10.5. The van der Waals surface area contributed by atoms with Crippen molar-refractivity contribution >= 4 is 37.0 Å². The quantitative estimate of drug-likeness (QED) is 0.287. The molecule has 0 aromatic heterocycles. The molecule has 2 aromatic rings.